The van der Waals surface area contributed by atoms with Gasteiger partial charge in [-0.05, 0) is 32.0 Å². The highest BCUT2D eigenvalue weighted by Gasteiger charge is 2.06. The monoisotopic (exact) mass is 259 g/mol. The Labute approximate surface area is 109 Å². The molecule has 92 valence electrons. The summed E-state index contributed by atoms with van der Waals surface area (Å²) in [4.78, 5) is 17.5. The van der Waals surface area contributed by atoms with Crippen molar-refractivity contribution in [2.75, 3.05) is 0 Å². The first-order valence-electron chi connectivity index (χ1n) is 5.48. The highest BCUT2D eigenvalue weighted by atomic mass is 32.1. The molecular formula is C13H13N3OS. The molecule has 0 aliphatic carbocycles. The van der Waals surface area contributed by atoms with Crippen molar-refractivity contribution in [1.29, 1.82) is 0 Å². The van der Waals surface area contributed by atoms with E-state index in [4.69, 9.17) is 0 Å². The summed E-state index contributed by atoms with van der Waals surface area (Å²) in [5.74, 6) is -0.184. The summed E-state index contributed by atoms with van der Waals surface area (Å²) in [6.07, 6.45) is 3.41. The molecule has 0 spiro atoms. The van der Waals surface area contributed by atoms with Crippen LogP contribution in [-0.4, -0.2) is 16.6 Å². The largest absolute Gasteiger partial charge is 0.281 e. The third-order valence-electron chi connectivity index (χ3n) is 2.37. The van der Waals surface area contributed by atoms with Crippen molar-refractivity contribution in [2.45, 2.75) is 13.8 Å². The van der Waals surface area contributed by atoms with Crippen molar-refractivity contribution in [3.8, 4) is 0 Å². The molecule has 1 amide bonds. The number of hydrogen-bond acceptors (Lipinski definition) is 4. The number of amides is 1. The fraction of sp³-hybridized carbons (Fsp3) is 0.154. The number of pyridine rings is 1. The molecule has 0 aliphatic heterocycles. The van der Waals surface area contributed by atoms with Crippen molar-refractivity contribution < 1.29 is 4.79 Å². The SMILES string of the molecule is C/C(=N\NC(=O)c1ccc(C)s1)c1cccnc1. The molecule has 18 heavy (non-hydrogen) atoms. The summed E-state index contributed by atoms with van der Waals surface area (Å²) in [7, 11) is 0. The molecule has 0 saturated heterocycles. The first-order chi connectivity index (χ1) is 8.66. The highest BCUT2D eigenvalue weighted by molar-refractivity contribution is 7.13. The molecule has 4 nitrogen and oxygen atoms in total. The van der Waals surface area contributed by atoms with Crippen LogP contribution in [0.4, 0.5) is 0 Å². The Morgan fingerprint density at radius 2 is 2.22 bits per heavy atom. The minimum Gasteiger partial charge on any atom is -0.266 e. The van der Waals surface area contributed by atoms with E-state index < -0.39 is 0 Å². The number of thiophene rings is 1. The minimum absolute atomic E-state index is 0.184. The number of carbonyl (C=O) groups excluding carboxylic acids is 1. The van der Waals surface area contributed by atoms with Gasteiger partial charge in [-0.2, -0.15) is 5.10 Å². The van der Waals surface area contributed by atoms with E-state index in [1.165, 1.54) is 11.3 Å². The maximum absolute atomic E-state index is 11.8. The van der Waals surface area contributed by atoms with Crippen LogP contribution in [-0.2, 0) is 0 Å². The first-order valence-corrected chi connectivity index (χ1v) is 6.30. The lowest BCUT2D eigenvalue weighted by Gasteiger charge is -2.00. The maximum atomic E-state index is 11.8. The van der Waals surface area contributed by atoms with E-state index in [0.29, 0.717) is 4.88 Å². The Bertz CT molecular complexity index is 575. The van der Waals surface area contributed by atoms with Gasteiger partial charge in [0.1, 0.15) is 0 Å². The summed E-state index contributed by atoms with van der Waals surface area (Å²) in [5, 5.41) is 4.06. The van der Waals surface area contributed by atoms with Gasteiger partial charge < -0.3 is 0 Å². The van der Waals surface area contributed by atoms with Crippen LogP contribution in [0.2, 0.25) is 0 Å². The zero-order valence-electron chi connectivity index (χ0n) is 10.2. The second kappa shape index (κ2) is 5.55. The Morgan fingerprint density at radius 1 is 1.39 bits per heavy atom. The molecule has 2 rings (SSSR count). The number of aryl methyl sites for hydroxylation is 1. The molecule has 0 bridgehead atoms. The van der Waals surface area contributed by atoms with Gasteiger partial charge in [0.25, 0.3) is 5.91 Å². The second-order valence-electron chi connectivity index (χ2n) is 3.79. The van der Waals surface area contributed by atoms with Crippen LogP contribution in [0.15, 0.2) is 41.8 Å². The van der Waals surface area contributed by atoms with E-state index >= 15 is 0 Å². The molecule has 2 aromatic rings. The van der Waals surface area contributed by atoms with Gasteiger partial charge in [0.2, 0.25) is 0 Å². The fourth-order valence-electron chi connectivity index (χ4n) is 1.39. The van der Waals surface area contributed by atoms with E-state index in [1.807, 2.05) is 32.0 Å². The Kier molecular flexibility index (Phi) is 3.84. The van der Waals surface area contributed by atoms with Gasteiger partial charge in [0.15, 0.2) is 0 Å². The zero-order chi connectivity index (χ0) is 13.0. The topological polar surface area (TPSA) is 54.4 Å². The minimum atomic E-state index is -0.184. The van der Waals surface area contributed by atoms with E-state index in [-0.39, 0.29) is 5.91 Å². The summed E-state index contributed by atoms with van der Waals surface area (Å²) < 4.78 is 0. The quantitative estimate of drug-likeness (QED) is 0.680. The molecule has 1 N–H and O–H groups in total. The molecule has 0 radical (unpaired) electrons. The number of nitrogens with one attached hydrogen (secondary N) is 1. The van der Waals surface area contributed by atoms with E-state index in [2.05, 4.69) is 15.5 Å². The summed E-state index contributed by atoms with van der Waals surface area (Å²) >= 11 is 1.45. The molecule has 5 heteroatoms. The maximum Gasteiger partial charge on any atom is 0.281 e. The van der Waals surface area contributed by atoms with Crippen LogP contribution < -0.4 is 5.43 Å². The average Bonchev–Trinajstić information content (AvgIpc) is 2.83. The lowest BCUT2D eigenvalue weighted by Crippen LogP contribution is -2.18. The first kappa shape index (κ1) is 12.4. The van der Waals surface area contributed by atoms with Gasteiger partial charge in [-0.25, -0.2) is 5.43 Å². The molecule has 0 aromatic carbocycles. The van der Waals surface area contributed by atoms with Crippen molar-refractivity contribution in [3.05, 3.63) is 52.0 Å². The van der Waals surface area contributed by atoms with Crippen LogP contribution in [0, 0.1) is 6.92 Å². The summed E-state index contributed by atoms with van der Waals surface area (Å²) in [6, 6.07) is 7.44. The van der Waals surface area contributed by atoms with Crippen LogP contribution in [0.5, 0.6) is 0 Å². The number of rotatable bonds is 3. The Hall–Kier alpha value is -2.01. The standard InChI is InChI=1S/C13H13N3OS/c1-9-5-6-12(18-9)13(17)16-15-10(2)11-4-3-7-14-8-11/h3-8H,1-2H3,(H,16,17)/b15-10+. The van der Waals surface area contributed by atoms with E-state index in [0.717, 1.165) is 16.2 Å². The van der Waals surface area contributed by atoms with Crippen LogP contribution >= 0.6 is 11.3 Å². The van der Waals surface area contributed by atoms with Crippen molar-refractivity contribution >= 4 is 23.0 Å². The lowest BCUT2D eigenvalue weighted by atomic mass is 10.2. The molecule has 0 fully saturated rings. The predicted molar refractivity (Wildman–Crippen MR) is 73.0 cm³/mol. The van der Waals surface area contributed by atoms with Crippen molar-refractivity contribution in [2.24, 2.45) is 5.10 Å². The normalized spacial score (nSPS) is 11.3. The van der Waals surface area contributed by atoms with Gasteiger partial charge >= 0.3 is 0 Å². The summed E-state index contributed by atoms with van der Waals surface area (Å²) in [6.45, 7) is 3.79. The fourth-order valence-corrected chi connectivity index (χ4v) is 2.14. The molecular weight excluding hydrogens is 246 g/mol. The zero-order valence-corrected chi connectivity index (χ0v) is 11.0. The molecule has 0 atom stereocenters. The second-order valence-corrected chi connectivity index (χ2v) is 5.08. The lowest BCUT2D eigenvalue weighted by molar-refractivity contribution is 0.0959. The van der Waals surface area contributed by atoms with Gasteiger partial charge in [0, 0.05) is 22.8 Å². The average molecular weight is 259 g/mol. The van der Waals surface area contributed by atoms with Gasteiger partial charge in [0.05, 0.1) is 10.6 Å². The van der Waals surface area contributed by atoms with Gasteiger partial charge in [-0.3, -0.25) is 9.78 Å². The number of nitrogens with zero attached hydrogens (tertiary/aromatic N) is 2. The van der Waals surface area contributed by atoms with Gasteiger partial charge in [-0.15, -0.1) is 11.3 Å². The van der Waals surface area contributed by atoms with Crippen LogP contribution in [0.3, 0.4) is 0 Å². The Balaban J connectivity index is 2.05. The number of hydrogen-bond donors (Lipinski definition) is 1. The van der Waals surface area contributed by atoms with Crippen molar-refractivity contribution in [1.82, 2.24) is 10.4 Å². The number of hydrazone groups is 1. The Morgan fingerprint density at radius 3 is 2.83 bits per heavy atom. The van der Waals surface area contributed by atoms with Gasteiger partial charge in [-0.1, -0.05) is 6.07 Å². The molecule has 0 unspecified atom stereocenters. The molecule has 0 aliphatic rings. The predicted octanol–water partition coefficient (Wildman–Crippen LogP) is 2.61. The third kappa shape index (κ3) is 3.01. The third-order valence-corrected chi connectivity index (χ3v) is 3.37. The smallest absolute Gasteiger partial charge is 0.266 e. The molecule has 0 saturated carbocycles. The summed E-state index contributed by atoms with van der Waals surface area (Å²) in [5.41, 5.74) is 4.16. The van der Waals surface area contributed by atoms with Crippen LogP contribution in [0.1, 0.15) is 27.0 Å². The number of carbonyl (C=O) groups is 1. The highest BCUT2D eigenvalue weighted by Crippen LogP contribution is 2.14. The van der Waals surface area contributed by atoms with Crippen molar-refractivity contribution in [3.63, 3.8) is 0 Å². The molecule has 2 aromatic heterocycles. The van der Waals surface area contributed by atoms with Crippen LogP contribution in [0.25, 0.3) is 0 Å². The van der Waals surface area contributed by atoms with E-state index in [1.54, 1.807) is 18.5 Å². The van der Waals surface area contributed by atoms with E-state index in [9.17, 15) is 4.79 Å². The molecule has 2 heterocycles. The number of aromatic nitrogens is 1.